The molecule has 4 amide bonds. The number of anilines is 4. The molecule has 5 rings (SSSR count). The van der Waals surface area contributed by atoms with E-state index in [0.717, 1.165) is 0 Å². The summed E-state index contributed by atoms with van der Waals surface area (Å²) in [5.41, 5.74) is 2.31. The Morgan fingerprint density at radius 1 is 0.464 bits per heavy atom. The number of halogens is 2. The fraction of sp³-hybridized carbons (Fsp3) is 0.100. The van der Waals surface area contributed by atoms with Crippen LogP contribution in [0.15, 0.2) is 142 Å². The number of carbonyl (C=O) groups is 6. The van der Waals surface area contributed by atoms with Gasteiger partial charge in [-0.25, -0.2) is 0 Å². The molecule has 0 aliphatic heterocycles. The summed E-state index contributed by atoms with van der Waals surface area (Å²) >= 11 is 12.4. The van der Waals surface area contributed by atoms with E-state index in [2.05, 4.69) is 41.7 Å². The van der Waals surface area contributed by atoms with Gasteiger partial charge in [-0.15, -0.1) is 0 Å². The highest BCUT2D eigenvalue weighted by Gasteiger charge is 2.25. The molecule has 0 saturated heterocycles. The highest BCUT2D eigenvalue weighted by Crippen LogP contribution is 2.25. The zero-order valence-electron chi connectivity index (χ0n) is 29.7. The molecule has 0 aliphatic carbocycles. The Labute approximate surface area is 330 Å². The predicted octanol–water partition coefficient (Wildman–Crippen LogP) is 8.86. The summed E-state index contributed by atoms with van der Waals surface area (Å²) in [5.74, 6) is -3.69. The molecular weight excluding hydrogens is 759 g/mol. The van der Waals surface area contributed by atoms with E-state index in [1.165, 1.54) is 74.5 Å². The fourth-order valence-electron chi connectivity index (χ4n) is 4.92. The smallest absolute Gasteiger partial charge is 0.258 e. The van der Waals surface area contributed by atoms with Gasteiger partial charge >= 0.3 is 0 Å². The normalized spacial score (nSPS) is 12.1. The van der Waals surface area contributed by atoms with Gasteiger partial charge in [-0.3, -0.25) is 28.8 Å². The van der Waals surface area contributed by atoms with Gasteiger partial charge in [0, 0.05) is 43.9 Å². The maximum Gasteiger partial charge on any atom is 0.258 e. The molecule has 14 nitrogen and oxygen atoms in total. The van der Waals surface area contributed by atoms with Gasteiger partial charge in [-0.05, 0) is 98.8 Å². The number of Topliss-reactive ketones (excluding diaryl/α,β-unsaturated/α-hetero) is 2. The van der Waals surface area contributed by atoms with Crippen LogP contribution in [0.25, 0.3) is 0 Å². The maximum atomic E-state index is 13.1. The van der Waals surface area contributed by atoms with E-state index in [-0.39, 0.29) is 43.9 Å². The highest BCUT2D eigenvalue weighted by molar-refractivity contribution is 6.31. The number of nitrogens with one attached hydrogen (secondary N) is 4. The summed E-state index contributed by atoms with van der Waals surface area (Å²) in [7, 11) is 0. The van der Waals surface area contributed by atoms with Gasteiger partial charge in [0.25, 0.3) is 23.6 Å². The van der Waals surface area contributed by atoms with Crippen molar-refractivity contribution in [3.05, 3.63) is 142 Å². The monoisotopic (exact) mass is 790 g/mol. The molecule has 4 N–H and O–H groups in total. The summed E-state index contributed by atoms with van der Waals surface area (Å²) < 4.78 is 0. The number of para-hydroxylation sites is 2. The molecule has 56 heavy (non-hydrogen) atoms. The fourth-order valence-corrected chi connectivity index (χ4v) is 5.38. The molecule has 0 aromatic heterocycles. The Morgan fingerprint density at radius 2 is 0.804 bits per heavy atom. The zero-order valence-corrected chi connectivity index (χ0v) is 31.2. The minimum atomic E-state index is -1.54. The van der Waals surface area contributed by atoms with Crippen LogP contribution < -0.4 is 21.3 Å². The second-order valence-corrected chi connectivity index (χ2v) is 12.9. The van der Waals surface area contributed by atoms with Crippen molar-refractivity contribution in [2.75, 3.05) is 21.3 Å². The van der Waals surface area contributed by atoms with Gasteiger partial charge in [0.2, 0.25) is 12.1 Å². The quantitative estimate of drug-likeness (QED) is 0.0639. The molecule has 0 radical (unpaired) electrons. The van der Waals surface area contributed by atoms with E-state index in [1.54, 1.807) is 48.5 Å². The summed E-state index contributed by atoms with van der Waals surface area (Å²) in [4.78, 5) is 76.4. The van der Waals surface area contributed by atoms with E-state index in [4.69, 9.17) is 23.2 Å². The third-order valence-corrected chi connectivity index (χ3v) is 8.05. The molecule has 2 atom stereocenters. The third kappa shape index (κ3) is 11.5. The Hall–Kier alpha value is -6.90. The van der Waals surface area contributed by atoms with Crippen molar-refractivity contribution in [2.45, 2.75) is 25.9 Å². The lowest BCUT2D eigenvalue weighted by Crippen LogP contribution is -2.32. The first-order chi connectivity index (χ1) is 26.8. The average Bonchev–Trinajstić information content (AvgIpc) is 3.16. The summed E-state index contributed by atoms with van der Waals surface area (Å²) in [6.07, 6.45) is 0. The van der Waals surface area contributed by atoms with Gasteiger partial charge in [-0.2, -0.15) is 20.5 Å². The van der Waals surface area contributed by atoms with Gasteiger partial charge in [0.05, 0.1) is 11.4 Å². The number of rotatable bonds is 14. The van der Waals surface area contributed by atoms with Crippen LogP contribution in [-0.2, 0) is 19.2 Å². The number of ketones is 2. The summed E-state index contributed by atoms with van der Waals surface area (Å²) in [6.45, 7) is 2.35. The number of benzene rings is 5. The van der Waals surface area contributed by atoms with Gasteiger partial charge in [0.15, 0.2) is 11.6 Å². The summed E-state index contributed by atoms with van der Waals surface area (Å²) in [6, 6.07) is 28.9. The van der Waals surface area contributed by atoms with Gasteiger partial charge < -0.3 is 21.3 Å². The molecule has 5 aromatic carbocycles. The van der Waals surface area contributed by atoms with Crippen LogP contribution in [0.3, 0.4) is 0 Å². The van der Waals surface area contributed by atoms with Crippen molar-refractivity contribution < 1.29 is 28.8 Å². The van der Waals surface area contributed by atoms with Crippen molar-refractivity contribution in [3.8, 4) is 0 Å². The molecular formula is C40H32Cl2N8O6. The minimum absolute atomic E-state index is 0.141. The molecule has 282 valence electrons. The van der Waals surface area contributed by atoms with Crippen molar-refractivity contribution in [1.29, 1.82) is 0 Å². The molecule has 16 heteroatoms. The number of hydrogen-bond donors (Lipinski definition) is 4. The number of amides is 4. The number of hydrogen-bond acceptors (Lipinski definition) is 10. The van der Waals surface area contributed by atoms with Crippen molar-refractivity contribution >= 4 is 92.5 Å². The summed E-state index contributed by atoms with van der Waals surface area (Å²) in [5, 5.41) is 26.9. The Kier molecular flexibility index (Phi) is 13.6. The first-order valence-electron chi connectivity index (χ1n) is 16.7. The van der Waals surface area contributed by atoms with Crippen LogP contribution >= 0.6 is 23.2 Å². The highest BCUT2D eigenvalue weighted by atomic mass is 35.5. The second kappa shape index (κ2) is 18.9. The minimum Gasteiger partial charge on any atom is -0.324 e. The number of carbonyl (C=O) groups excluding carboxylic acids is 6. The largest absolute Gasteiger partial charge is 0.324 e. The Balaban J connectivity index is 1.20. The number of azo groups is 2. The van der Waals surface area contributed by atoms with E-state index in [1.807, 2.05) is 12.1 Å². The third-order valence-electron chi connectivity index (χ3n) is 7.62. The zero-order chi connectivity index (χ0) is 40.2. The lowest BCUT2D eigenvalue weighted by Gasteiger charge is -2.12. The lowest BCUT2D eigenvalue weighted by atomic mass is 10.1. The second-order valence-electron chi connectivity index (χ2n) is 12.0. The first-order valence-corrected chi connectivity index (χ1v) is 17.5. The topological polar surface area (TPSA) is 200 Å². The number of nitrogens with zero attached hydrogens (tertiary/aromatic N) is 4. The van der Waals surface area contributed by atoms with E-state index in [9.17, 15) is 28.8 Å². The van der Waals surface area contributed by atoms with E-state index >= 15 is 0 Å². The molecule has 0 aliphatic rings. The Bertz CT molecular complexity index is 2170. The van der Waals surface area contributed by atoms with Crippen LogP contribution in [0.4, 0.5) is 34.1 Å². The van der Waals surface area contributed by atoms with Gasteiger partial charge in [-0.1, -0.05) is 59.6 Å². The molecule has 0 saturated carbocycles. The van der Waals surface area contributed by atoms with E-state index in [0.29, 0.717) is 11.4 Å². The lowest BCUT2D eigenvalue weighted by molar-refractivity contribution is -0.127. The van der Waals surface area contributed by atoms with Crippen LogP contribution in [0.1, 0.15) is 34.6 Å². The Morgan fingerprint density at radius 3 is 1.14 bits per heavy atom. The van der Waals surface area contributed by atoms with Crippen LogP contribution in [0.2, 0.25) is 10.0 Å². The standard InChI is InChI=1S/C40H32Cl2N8O6/c1-23(51)35(49-47-33-19-25(17-27(41)21-33)37(53)43-29-9-5-3-6-10-29)39(55)45-31-13-15-32(16-14-31)46-40(56)36(24(2)52)50-48-34-20-26(18-28(42)22-34)38(54)44-30-11-7-4-8-12-30/h3-22,35-36H,1-2H3,(H,43,53)(H,44,54)(H,45,55)(H,46,56). The van der Waals surface area contributed by atoms with Crippen molar-refractivity contribution in [3.63, 3.8) is 0 Å². The molecule has 2 unspecified atom stereocenters. The molecule has 5 aromatic rings. The van der Waals surface area contributed by atoms with Crippen LogP contribution in [-0.4, -0.2) is 47.3 Å². The SMILES string of the molecule is CC(=O)C(N=Nc1cc(Cl)cc(C(=O)Nc2ccccc2)c1)C(=O)Nc1ccc(NC(=O)C(N=Nc2cc(Cl)cc(C(=O)Nc3ccccc3)c2)C(C)=O)cc1. The van der Waals surface area contributed by atoms with Crippen molar-refractivity contribution in [1.82, 2.24) is 0 Å². The van der Waals surface area contributed by atoms with Crippen LogP contribution in [0, 0.1) is 0 Å². The van der Waals surface area contributed by atoms with E-state index < -0.39 is 47.3 Å². The maximum absolute atomic E-state index is 13.1. The van der Waals surface area contributed by atoms with Gasteiger partial charge in [0.1, 0.15) is 0 Å². The molecule has 0 spiro atoms. The average molecular weight is 792 g/mol. The first kappa shape index (κ1) is 40.3. The van der Waals surface area contributed by atoms with Crippen LogP contribution in [0.5, 0.6) is 0 Å². The van der Waals surface area contributed by atoms with Crippen molar-refractivity contribution in [2.24, 2.45) is 20.5 Å². The molecule has 0 fully saturated rings. The molecule has 0 bridgehead atoms. The molecule has 0 heterocycles. The predicted molar refractivity (Wildman–Crippen MR) is 213 cm³/mol.